The van der Waals surface area contributed by atoms with Crippen molar-refractivity contribution in [3.05, 3.63) is 11.9 Å². The van der Waals surface area contributed by atoms with Crippen LogP contribution >= 0.6 is 0 Å². The van der Waals surface area contributed by atoms with Gasteiger partial charge < -0.3 is 13.7 Å². The lowest BCUT2D eigenvalue weighted by atomic mass is 9.79. The maximum atomic E-state index is 6.66. The number of aromatic nitrogens is 2. The average Bonchev–Trinajstić information content (AvgIpc) is 3.03. The molecular formula is C22H41BN2O3Si. The summed E-state index contributed by atoms with van der Waals surface area (Å²) in [7, 11) is -2.04. The van der Waals surface area contributed by atoms with Gasteiger partial charge in [0.1, 0.15) is 0 Å². The maximum Gasteiger partial charge on any atom is 0.498 e. The van der Waals surface area contributed by atoms with Crippen molar-refractivity contribution in [1.82, 2.24) is 9.78 Å². The van der Waals surface area contributed by atoms with E-state index in [4.69, 9.17) is 18.8 Å². The van der Waals surface area contributed by atoms with Crippen molar-refractivity contribution >= 4 is 20.9 Å². The molecule has 0 N–H and O–H groups in total. The Kier molecular flexibility index (Phi) is 5.96. The summed E-state index contributed by atoms with van der Waals surface area (Å²) < 4.78 is 21.3. The van der Waals surface area contributed by atoms with E-state index in [1.165, 1.54) is 0 Å². The molecule has 5 nitrogen and oxygen atoms in total. The van der Waals surface area contributed by atoms with Crippen LogP contribution in [0.15, 0.2) is 6.20 Å². The lowest BCUT2D eigenvalue weighted by molar-refractivity contribution is 0.00578. The zero-order valence-electron chi connectivity index (χ0n) is 20.3. The molecule has 0 spiro atoms. The Balaban J connectivity index is 1.65. The Labute approximate surface area is 179 Å². The zero-order chi connectivity index (χ0) is 21.8. The van der Waals surface area contributed by atoms with Crippen molar-refractivity contribution in [3.63, 3.8) is 0 Å². The second kappa shape index (κ2) is 7.50. The highest BCUT2D eigenvalue weighted by atomic mass is 28.4. The Hall–Kier alpha value is -0.628. The van der Waals surface area contributed by atoms with Crippen molar-refractivity contribution in [3.8, 4) is 0 Å². The lowest BCUT2D eigenvalue weighted by Crippen LogP contribution is -2.44. The third-order valence-corrected chi connectivity index (χ3v) is 12.4. The minimum absolute atomic E-state index is 0.264. The van der Waals surface area contributed by atoms with Crippen LogP contribution in [0.2, 0.25) is 18.1 Å². The molecule has 7 heteroatoms. The molecule has 29 heavy (non-hydrogen) atoms. The molecule has 1 saturated carbocycles. The molecule has 0 aromatic carbocycles. The number of nitrogens with zero attached hydrogens (tertiary/aromatic N) is 2. The van der Waals surface area contributed by atoms with Crippen LogP contribution in [-0.4, -0.2) is 42.5 Å². The zero-order valence-corrected chi connectivity index (χ0v) is 21.3. The summed E-state index contributed by atoms with van der Waals surface area (Å²) in [6.45, 7) is 22.2. The molecule has 1 aliphatic carbocycles. The van der Waals surface area contributed by atoms with Gasteiger partial charge >= 0.3 is 7.12 Å². The topological polar surface area (TPSA) is 45.5 Å². The Bertz CT molecular complexity index is 715. The summed E-state index contributed by atoms with van der Waals surface area (Å²) in [5.41, 5.74) is 1.57. The quantitative estimate of drug-likeness (QED) is 0.644. The number of rotatable bonds is 4. The van der Waals surface area contributed by atoms with Gasteiger partial charge in [0.05, 0.1) is 17.2 Å². The smallest absolute Gasteiger partial charge is 0.414 e. The third-order valence-electron chi connectivity index (χ3n) is 7.85. The van der Waals surface area contributed by atoms with Crippen molar-refractivity contribution in [2.24, 2.45) is 0 Å². The van der Waals surface area contributed by atoms with Crippen molar-refractivity contribution in [2.75, 3.05) is 0 Å². The lowest BCUT2D eigenvalue weighted by Gasteiger charge is -2.41. The molecule has 2 aliphatic rings. The van der Waals surface area contributed by atoms with Gasteiger partial charge in [-0.3, -0.25) is 4.68 Å². The highest BCUT2D eigenvalue weighted by molar-refractivity contribution is 6.74. The predicted octanol–water partition coefficient (Wildman–Crippen LogP) is 5.00. The first-order valence-corrected chi connectivity index (χ1v) is 14.1. The molecule has 0 amide bonds. The Morgan fingerprint density at radius 3 is 2.07 bits per heavy atom. The van der Waals surface area contributed by atoms with Gasteiger partial charge in [-0.1, -0.05) is 20.8 Å². The molecule has 0 radical (unpaired) electrons. The second-order valence-corrected chi connectivity index (χ2v) is 16.3. The van der Waals surface area contributed by atoms with E-state index in [1.54, 1.807) is 0 Å². The van der Waals surface area contributed by atoms with Gasteiger partial charge in [0, 0.05) is 23.5 Å². The van der Waals surface area contributed by atoms with Crippen LogP contribution < -0.4 is 5.46 Å². The fourth-order valence-corrected chi connectivity index (χ4v) is 5.43. The first kappa shape index (κ1) is 23.0. The minimum Gasteiger partial charge on any atom is -0.414 e. The highest BCUT2D eigenvalue weighted by Crippen LogP contribution is 2.41. The molecule has 164 valence electrons. The Morgan fingerprint density at radius 2 is 1.59 bits per heavy atom. The van der Waals surface area contributed by atoms with Gasteiger partial charge in [0.25, 0.3) is 0 Å². The van der Waals surface area contributed by atoms with E-state index in [-0.39, 0.29) is 23.4 Å². The fraction of sp³-hybridized carbons (Fsp3) is 0.864. The van der Waals surface area contributed by atoms with Gasteiger partial charge in [-0.15, -0.1) is 0 Å². The molecule has 3 rings (SSSR count). The SMILES string of the molecule is Cc1c(B2OC(C)(C)C(C)(C)O2)cnn1[C@H]1CC[C@@H](O[Si](C)(C)C(C)(C)C)CC1. The van der Waals surface area contributed by atoms with Crippen LogP contribution in [0.4, 0.5) is 0 Å². The van der Waals surface area contributed by atoms with Crippen molar-refractivity contribution < 1.29 is 13.7 Å². The molecule has 0 atom stereocenters. The molecule has 0 unspecified atom stereocenters. The molecule has 2 heterocycles. The largest absolute Gasteiger partial charge is 0.498 e. The van der Waals surface area contributed by atoms with E-state index in [9.17, 15) is 0 Å². The predicted molar refractivity (Wildman–Crippen MR) is 122 cm³/mol. The van der Waals surface area contributed by atoms with Crippen LogP contribution in [0.3, 0.4) is 0 Å². The fourth-order valence-electron chi connectivity index (χ4n) is 4.01. The van der Waals surface area contributed by atoms with Crippen LogP contribution in [-0.2, 0) is 13.7 Å². The summed E-state index contributed by atoms with van der Waals surface area (Å²) in [4.78, 5) is 0. The van der Waals surface area contributed by atoms with E-state index in [1.807, 2.05) is 6.20 Å². The van der Waals surface area contributed by atoms with Crippen LogP contribution in [0.1, 0.15) is 85.9 Å². The number of hydrogen-bond acceptors (Lipinski definition) is 4. The molecule has 1 saturated heterocycles. The molecule has 1 aliphatic heterocycles. The second-order valence-electron chi connectivity index (χ2n) is 11.5. The maximum absolute atomic E-state index is 6.66. The summed E-state index contributed by atoms with van der Waals surface area (Å²) >= 11 is 0. The molecule has 1 aromatic heterocycles. The van der Waals surface area contributed by atoms with E-state index in [0.717, 1.165) is 36.8 Å². The summed E-state index contributed by atoms with van der Waals surface area (Å²) in [5, 5.41) is 5.01. The van der Waals surface area contributed by atoms with Crippen LogP contribution in [0.25, 0.3) is 0 Å². The standard InChI is InChI=1S/C22H41BN2O3Si/c1-16-19(23-27-21(5,6)22(7,8)28-23)15-24-25(16)17-11-13-18(14-12-17)26-29(9,10)20(2,3)4/h15,17-18H,11-14H2,1-10H3/t17-,18+. The first-order valence-electron chi connectivity index (χ1n) is 11.2. The summed E-state index contributed by atoms with van der Waals surface area (Å²) in [6.07, 6.45) is 6.79. The van der Waals surface area contributed by atoms with E-state index < -0.39 is 8.32 Å². The highest BCUT2D eigenvalue weighted by Gasteiger charge is 2.52. The summed E-state index contributed by atoms with van der Waals surface area (Å²) in [6, 6.07) is 0.436. The van der Waals surface area contributed by atoms with Gasteiger partial charge in [0.15, 0.2) is 8.32 Å². The van der Waals surface area contributed by atoms with Crippen molar-refractivity contribution in [1.29, 1.82) is 0 Å². The Morgan fingerprint density at radius 1 is 1.07 bits per heavy atom. The molecule has 0 bridgehead atoms. The molecule has 2 fully saturated rings. The third kappa shape index (κ3) is 4.39. The van der Waals surface area contributed by atoms with Gasteiger partial charge in [-0.2, -0.15) is 5.10 Å². The average molecular weight is 420 g/mol. The van der Waals surface area contributed by atoms with Crippen LogP contribution in [0.5, 0.6) is 0 Å². The van der Waals surface area contributed by atoms with Crippen LogP contribution in [0, 0.1) is 6.92 Å². The van der Waals surface area contributed by atoms with E-state index in [2.05, 4.69) is 73.2 Å². The van der Waals surface area contributed by atoms with E-state index >= 15 is 0 Å². The normalized spacial score (nSPS) is 27.4. The van der Waals surface area contributed by atoms with Gasteiger partial charge in [0.2, 0.25) is 0 Å². The van der Waals surface area contributed by atoms with Gasteiger partial charge in [-0.25, -0.2) is 0 Å². The number of hydrogen-bond donors (Lipinski definition) is 0. The van der Waals surface area contributed by atoms with Gasteiger partial charge in [-0.05, 0) is 78.4 Å². The van der Waals surface area contributed by atoms with Crippen molar-refractivity contribution in [2.45, 2.75) is 123 Å². The molecule has 1 aromatic rings. The summed E-state index contributed by atoms with van der Waals surface area (Å²) in [5.74, 6) is 0. The minimum atomic E-state index is -1.70. The van der Waals surface area contributed by atoms with E-state index in [0.29, 0.717) is 12.1 Å². The molecular weight excluding hydrogens is 379 g/mol. The first-order chi connectivity index (χ1) is 13.1. The monoisotopic (exact) mass is 420 g/mol.